The zero-order chi connectivity index (χ0) is 14.6. The molecule has 0 bridgehead atoms. The van der Waals surface area contributed by atoms with Gasteiger partial charge in [0.15, 0.2) is 0 Å². The van der Waals surface area contributed by atoms with Gasteiger partial charge < -0.3 is 10.6 Å². The molecule has 110 valence electrons. The van der Waals surface area contributed by atoms with Crippen molar-refractivity contribution in [1.82, 2.24) is 4.90 Å². The number of likely N-dealkylation sites (tertiary alicyclic amines) is 1. The molecule has 1 aliphatic rings. The standard InChI is InChI=1S/C16H25N3O/c1-16(2,3)19-10-14(9-17)15(11-19)18-20-12-13-7-5-4-6-8-13/h4-8,14H,9-12,17H2,1-3H3/b18-15+. The van der Waals surface area contributed by atoms with E-state index in [2.05, 4.69) is 30.8 Å². The fraction of sp³-hybridized carbons (Fsp3) is 0.562. The van der Waals surface area contributed by atoms with Crippen molar-refractivity contribution < 1.29 is 4.84 Å². The monoisotopic (exact) mass is 275 g/mol. The molecule has 2 N–H and O–H groups in total. The molecule has 0 spiro atoms. The number of nitrogens with two attached hydrogens (primary N) is 1. The lowest BCUT2D eigenvalue weighted by atomic mass is 10.1. The van der Waals surface area contributed by atoms with Crippen molar-refractivity contribution in [2.45, 2.75) is 32.9 Å². The highest BCUT2D eigenvalue weighted by molar-refractivity contribution is 5.90. The zero-order valence-corrected chi connectivity index (χ0v) is 12.7. The van der Waals surface area contributed by atoms with Crippen LogP contribution in [0.15, 0.2) is 35.5 Å². The van der Waals surface area contributed by atoms with Gasteiger partial charge in [-0.2, -0.15) is 0 Å². The van der Waals surface area contributed by atoms with Gasteiger partial charge in [0.25, 0.3) is 0 Å². The lowest BCUT2D eigenvalue weighted by Crippen LogP contribution is -2.40. The Morgan fingerprint density at radius 3 is 2.60 bits per heavy atom. The van der Waals surface area contributed by atoms with E-state index in [1.54, 1.807) is 0 Å². The Morgan fingerprint density at radius 2 is 2.00 bits per heavy atom. The van der Waals surface area contributed by atoms with Gasteiger partial charge in [-0.25, -0.2) is 0 Å². The lowest BCUT2D eigenvalue weighted by Gasteiger charge is -2.31. The van der Waals surface area contributed by atoms with Gasteiger partial charge in [-0.15, -0.1) is 0 Å². The van der Waals surface area contributed by atoms with Crippen LogP contribution >= 0.6 is 0 Å². The minimum Gasteiger partial charge on any atom is -0.391 e. The van der Waals surface area contributed by atoms with E-state index in [1.165, 1.54) is 0 Å². The zero-order valence-electron chi connectivity index (χ0n) is 12.7. The highest BCUT2D eigenvalue weighted by Gasteiger charge is 2.34. The van der Waals surface area contributed by atoms with Crippen molar-refractivity contribution in [3.8, 4) is 0 Å². The van der Waals surface area contributed by atoms with Crippen molar-refractivity contribution >= 4 is 5.71 Å². The van der Waals surface area contributed by atoms with Gasteiger partial charge in [-0.1, -0.05) is 35.5 Å². The van der Waals surface area contributed by atoms with Crippen LogP contribution < -0.4 is 5.73 Å². The fourth-order valence-electron chi connectivity index (χ4n) is 2.35. The highest BCUT2D eigenvalue weighted by Crippen LogP contribution is 2.22. The quantitative estimate of drug-likeness (QED) is 0.857. The summed E-state index contributed by atoms with van der Waals surface area (Å²) >= 11 is 0. The normalized spacial score (nSPS) is 22.4. The third kappa shape index (κ3) is 3.81. The van der Waals surface area contributed by atoms with E-state index < -0.39 is 0 Å². The Morgan fingerprint density at radius 1 is 1.30 bits per heavy atom. The number of nitrogens with zero attached hydrogens (tertiary/aromatic N) is 2. The molecular weight excluding hydrogens is 250 g/mol. The van der Waals surface area contributed by atoms with Gasteiger partial charge in [0.05, 0.1) is 5.71 Å². The second-order valence-corrected chi connectivity index (χ2v) is 6.33. The van der Waals surface area contributed by atoms with E-state index in [9.17, 15) is 0 Å². The maximum atomic E-state index is 5.85. The van der Waals surface area contributed by atoms with Crippen LogP contribution in [0.1, 0.15) is 26.3 Å². The number of hydrogen-bond acceptors (Lipinski definition) is 4. The van der Waals surface area contributed by atoms with Crippen LogP contribution in [0.2, 0.25) is 0 Å². The van der Waals surface area contributed by atoms with Crippen LogP contribution in [0.25, 0.3) is 0 Å². The van der Waals surface area contributed by atoms with Gasteiger partial charge in [-0.05, 0) is 26.3 Å². The van der Waals surface area contributed by atoms with Gasteiger partial charge in [0.2, 0.25) is 0 Å². The topological polar surface area (TPSA) is 50.8 Å². The molecule has 0 aliphatic carbocycles. The summed E-state index contributed by atoms with van der Waals surface area (Å²) in [4.78, 5) is 7.90. The molecule has 0 radical (unpaired) electrons. The Bertz CT molecular complexity index is 451. The van der Waals surface area contributed by atoms with E-state index in [0.717, 1.165) is 24.4 Å². The predicted octanol–water partition coefficient (Wildman–Crippen LogP) is 2.25. The maximum absolute atomic E-state index is 5.85. The van der Waals surface area contributed by atoms with Crippen LogP contribution in [0.4, 0.5) is 0 Å². The molecule has 2 rings (SSSR count). The Kier molecular flexibility index (Phi) is 4.78. The van der Waals surface area contributed by atoms with Crippen LogP contribution in [-0.4, -0.2) is 35.8 Å². The molecule has 4 nitrogen and oxygen atoms in total. The van der Waals surface area contributed by atoms with Crippen LogP contribution in [0, 0.1) is 5.92 Å². The second-order valence-electron chi connectivity index (χ2n) is 6.33. The molecule has 1 aromatic rings. The lowest BCUT2D eigenvalue weighted by molar-refractivity contribution is 0.128. The number of rotatable bonds is 4. The minimum atomic E-state index is 0.143. The molecule has 20 heavy (non-hydrogen) atoms. The predicted molar refractivity (Wildman–Crippen MR) is 82.5 cm³/mol. The molecule has 1 fully saturated rings. The molecule has 1 atom stereocenters. The molecule has 0 amide bonds. The van der Waals surface area contributed by atoms with E-state index in [1.807, 2.05) is 30.3 Å². The summed E-state index contributed by atoms with van der Waals surface area (Å²) in [5, 5.41) is 4.33. The Labute approximate surface area is 121 Å². The summed E-state index contributed by atoms with van der Waals surface area (Å²) in [5.41, 5.74) is 8.19. The average Bonchev–Trinajstić information content (AvgIpc) is 2.83. The van der Waals surface area contributed by atoms with E-state index >= 15 is 0 Å². The summed E-state index contributed by atoms with van der Waals surface area (Å²) in [5.74, 6) is 0.310. The largest absolute Gasteiger partial charge is 0.391 e. The molecule has 1 heterocycles. The molecule has 4 heteroatoms. The van der Waals surface area contributed by atoms with E-state index in [0.29, 0.717) is 19.1 Å². The van der Waals surface area contributed by atoms with Gasteiger partial charge in [0, 0.05) is 31.1 Å². The van der Waals surface area contributed by atoms with Gasteiger partial charge in [-0.3, -0.25) is 4.90 Å². The van der Waals surface area contributed by atoms with Crippen molar-refractivity contribution in [2.75, 3.05) is 19.6 Å². The van der Waals surface area contributed by atoms with E-state index in [4.69, 9.17) is 10.6 Å². The number of oxime groups is 1. The summed E-state index contributed by atoms with van der Waals surface area (Å²) in [6.07, 6.45) is 0. The first-order chi connectivity index (χ1) is 9.50. The van der Waals surface area contributed by atoms with Crippen molar-refractivity contribution in [1.29, 1.82) is 0 Å². The smallest absolute Gasteiger partial charge is 0.142 e. The maximum Gasteiger partial charge on any atom is 0.142 e. The average molecular weight is 275 g/mol. The SMILES string of the molecule is CC(C)(C)N1C/C(=N\OCc2ccccc2)C(CN)C1. The highest BCUT2D eigenvalue weighted by atomic mass is 16.6. The number of hydrogen-bond donors (Lipinski definition) is 1. The summed E-state index contributed by atoms with van der Waals surface area (Å²) in [6, 6.07) is 10.1. The fourth-order valence-corrected chi connectivity index (χ4v) is 2.35. The van der Waals surface area contributed by atoms with Crippen LogP contribution in [-0.2, 0) is 11.4 Å². The third-order valence-corrected chi connectivity index (χ3v) is 3.75. The van der Waals surface area contributed by atoms with Crippen molar-refractivity contribution in [3.63, 3.8) is 0 Å². The van der Waals surface area contributed by atoms with Crippen molar-refractivity contribution in [2.24, 2.45) is 16.8 Å². The van der Waals surface area contributed by atoms with E-state index in [-0.39, 0.29) is 5.54 Å². The number of benzene rings is 1. The first-order valence-corrected chi connectivity index (χ1v) is 7.18. The molecule has 1 aliphatic heterocycles. The molecule has 0 saturated carbocycles. The molecule has 1 saturated heterocycles. The van der Waals surface area contributed by atoms with Gasteiger partial charge in [0.1, 0.15) is 6.61 Å². The molecule has 0 aromatic heterocycles. The second kappa shape index (κ2) is 6.37. The minimum absolute atomic E-state index is 0.143. The molecule has 1 aromatic carbocycles. The van der Waals surface area contributed by atoms with Gasteiger partial charge >= 0.3 is 0 Å². The van der Waals surface area contributed by atoms with Crippen molar-refractivity contribution in [3.05, 3.63) is 35.9 Å². The Hall–Kier alpha value is -1.39. The third-order valence-electron chi connectivity index (χ3n) is 3.75. The first kappa shape index (κ1) is 15.0. The molecule has 1 unspecified atom stereocenters. The van der Waals surface area contributed by atoms with Crippen LogP contribution in [0.3, 0.4) is 0 Å². The summed E-state index contributed by atoms with van der Waals surface area (Å²) in [7, 11) is 0. The summed E-state index contributed by atoms with van der Waals surface area (Å²) in [6.45, 7) is 9.60. The first-order valence-electron chi connectivity index (χ1n) is 7.18. The Balaban J connectivity index is 1.95. The van der Waals surface area contributed by atoms with Crippen LogP contribution in [0.5, 0.6) is 0 Å². The summed E-state index contributed by atoms with van der Waals surface area (Å²) < 4.78 is 0. The molecular formula is C16H25N3O.